The second kappa shape index (κ2) is 6.62. The van der Waals surface area contributed by atoms with E-state index in [4.69, 9.17) is 9.84 Å². The van der Waals surface area contributed by atoms with E-state index in [0.29, 0.717) is 0 Å². The Morgan fingerprint density at radius 2 is 1.85 bits per heavy atom. The molecule has 1 heterocycles. The van der Waals surface area contributed by atoms with Crippen LogP contribution in [0.15, 0.2) is 0 Å². The van der Waals surface area contributed by atoms with E-state index < -0.39 is 12.7 Å². The zero-order valence-corrected chi connectivity index (χ0v) is 11.8. The first-order chi connectivity index (χ1) is 9.42. The van der Waals surface area contributed by atoms with Gasteiger partial charge >= 0.3 is 6.18 Å². The van der Waals surface area contributed by atoms with Crippen molar-refractivity contribution in [2.45, 2.75) is 62.8 Å². The summed E-state index contributed by atoms with van der Waals surface area (Å²) in [5.41, 5.74) is -0.0635. The van der Waals surface area contributed by atoms with Gasteiger partial charge in [-0.25, -0.2) is 0 Å². The molecule has 20 heavy (non-hydrogen) atoms. The molecule has 1 N–H and O–H groups in total. The lowest BCUT2D eigenvalue weighted by Crippen LogP contribution is -2.42. The number of aliphatic hydroxyl groups is 1. The molecule has 1 atom stereocenters. The first-order valence-electron chi connectivity index (χ1n) is 7.50. The Morgan fingerprint density at radius 3 is 2.45 bits per heavy atom. The average molecular weight is 295 g/mol. The molecule has 3 nitrogen and oxygen atoms in total. The number of alkyl halides is 3. The third kappa shape index (κ3) is 4.60. The molecule has 0 radical (unpaired) electrons. The van der Waals surface area contributed by atoms with Gasteiger partial charge in [0.1, 0.15) is 0 Å². The summed E-state index contributed by atoms with van der Waals surface area (Å²) in [5.74, 6) is 0. The molecule has 6 heteroatoms. The van der Waals surface area contributed by atoms with E-state index in [1.807, 2.05) is 0 Å². The van der Waals surface area contributed by atoms with Crippen molar-refractivity contribution in [3.05, 3.63) is 0 Å². The molecule has 2 fully saturated rings. The fourth-order valence-electron chi connectivity index (χ4n) is 3.51. The molecule has 1 unspecified atom stereocenters. The lowest BCUT2D eigenvalue weighted by atomic mass is 9.83. The highest BCUT2D eigenvalue weighted by atomic mass is 19.4. The summed E-state index contributed by atoms with van der Waals surface area (Å²) in [5, 5.41) is 8.90. The molecule has 118 valence electrons. The first-order valence-corrected chi connectivity index (χ1v) is 7.50. The Labute approximate surface area is 118 Å². The van der Waals surface area contributed by atoms with Crippen molar-refractivity contribution in [2.24, 2.45) is 0 Å². The van der Waals surface area contributed by atoms with E-state index in [2.05, 4.69) is 0 Å². The molecule has 2 aliphatic rings. The number of hydrogen-bond acceptors (Lipinski definition) is 3. The van der Waals surface area contributed by atoms with Gasteiger partial charge < -0.3 is 9.84 Å². The van der Waals surface area contributed by atoms with Crippen molar-refractivity contribution in [3.63, 3.8) is 0 Å². The van der Waals surface area contributed by atoms with Crippen LogP contribution in [0, 0.1) is 0 Å². The maximum atomic E-state index is 12.5. The second-order valence-corrected chi connectivity index (χ2v) is 6.10. The number of rotatable bonds is 5. The number of nitrogens with zero attached hydrogens (tertiary/aromatic N) is 1. The number of aliphatic hydroxyl groups excluding tert-OH is 1. The molecule has 1 saturated heterocycles. The lowest BCUT2D eigenvalue weighted by Gasteiger charge is -2.34. The highest BCUT2D eigenvalue weighted by Crippen LogP contribution is 2.42. The molecule has 1 spiro atoms. The summed E-state index contributed by atoms with van der Waals surface area (Å²) in [6, 6.07) is 0. The van der Waals surface area contributed by atoms with Crippen molar-refractivity contribution in [1.82, 2.24) is 4.90 Å². The van der Waals surface area contributed by atoms with Crippen molar-refractivity contribution in [1.29, 1.82) is 0 Å². The maximum absolute atomic E-state index is 12.5. The fourth-order valence-corrected chi connectivity index (χ4v) is 3.51. The molecule has 1 aliphatic carbocycles. The van der Waals surface area contributed by atoms with Gasteiger partial charge in [0.15, 0.2) is 0 Å². The van der Waals surface area contributed by atoms with Crippen molar-refractivity contribution >= 4 is 0 Å². The Morgan fingerprint density at radius 1 is 1.15 bits per heavy atom. The standard InChI is InChI=1S/C14H24F3NO2/c15-14(16,17)11-18(8-9-19)10-12-4-7-13(20-12)5-2-1-3-6-13/h12,19H,1-11H2. The van der Waals surface area contributed by atoms with Gasteiger partial charge in [0, 0.05) is 13.1 Å². The fraction of sp³-hybridized carbons (Fsp3) is 1.00. The van der Waals surface area contributed by atoms with Gasteiger partial charge in [0.25, 0.3) is 0 Å². The molecule has 0 aromatic heterocycles. The predicted octanol–water partition coefficient (Wildman–Crippen LogP) is 2.72. The molecule has 1 saturated carbocycles. The van der Waals surface area contributed by atoms with E-state index in [0.717, 1.165) is 38.5 Å². The van der Waals surface area contributed by atoms with Crippen molar-refractivity contribution in [3.8, 4) is 0 Å². The third-order valence-corrected chi connectivity index (χ3v) is 4.38. The monoisotopic (exact) mass is 295 g/mol. The van der Waals surface area contributed by atoms with Gasteiger partial charge in [-0.05, 0) is 25.7 Å². The summed E-state index contributed by atoms with van der Waals surface area (Å²) in [6.45, 7) is -0.914. The Kier molecular flexibility index (Phi) is 5.31. The molecule has 0 aromatic carbocycles. The largest absolute Gasteiger partial charge is 0.401 e. The van der Waals surface area contributed by atoms with Gasteiger partial charge in [-0.15, -0.1) is 0 Å². The van der Waals surface area contributed by atoms with Crippen LogP contribution in [-0.2, 0) is 4.74 Å². The smallest absolute Gasteiger partial charge is 0.395 e. The van der Waals surface area contributed by atoms with Gasteiger partial charge in [0.2, 0.25) is 0 Å². The van der Waals surface area contributed by atoms with Crippen LogP contribution in [0.3, 0.4) is 0 Å². The number of halogens is 3. The predicted molar refractivity (Wildman–Crippen MR) is 69.5 cm³/mol. The molecule has 1 aliphatic heterocycles. The topological polar surface area (TPSA) is 32.7 Å². The molecule has 2 rings (SSSR count). The Bertz CT molecular complexity index is 303. The minimum absolute atomic E-state index is 0.0480. The first kappa shape index (κ1) is 16.0. The van der Waals surface area contributed by atoms with Crippen LogP contribution in [0.1, 0.15) is 44.9 Å². The number of ether oxygens (including phenoxy) is 1. The summed E-state index contributed by atoms with van der Waals surface area (Å²) in [6.07, 6.45) is 3.10. The maximum Gasteiger partial charge on any atom is 0.401 e. The van der Waals surface area contributed by atoms with E-state index in [1.54, 1.807) is 0 Å². The molecule has 0 bridgehead atoms. The molecule has 0 aromatic rings. The highest BCUT2D eigenvalue weighted by molar-refractivity contribution is 4.92. The van der Waals surface area contributed by atoms with E-state index in [1.165, 1.54) is 11.3 Å². The molecule has 0 amide bonds. The van der Waals surface area contributed by atoms with Crippen molar-refractivity contribution in [2.75, 3.05) is 26.2 Å². The number of hydrogen-bond donors (Lipinski definition) is 1. The summed E-state index contributed by atoms with van der Waals surface area (Å²) in [7, 11) is 0. The Balaban J connectivity index is 1.85. The van der Waals surface area contributed by atoms with Crippen LogP contribution in [0.25, 0.3) is 0 Å². The average Bonchev–Trinajstić information content (AvgIpc) is 2.71. The highest BCUT2D eigenvalue weighted by Gasteiger charge is 2.42. The van der Waals surface area contributed by atoms with E-state index in [9.17, 15) is 13.2 Å². The van der Waals surface area contributed by atoms with E-state index in [-0.39, 0.29) is 31.4 Å². The molecular formula is C14H24F3NO2. The Hall–Kier alpha value is -0.330. The van der Waals surface area contributed by atoms with Crippen LogP contribution < -0.4 is 0 Å². The van der Waals surface area contributed by atoms with Crippen LogP contribution in [0.2, 0.25) is 0 Å². The van der Waals surface area contributed by atoms with Gasteiger partial charge in [-0.3, -0.25) is 4.90 Å². The SMILES string of the molecule is OCCN(CC1CCC2(CCCCC2)O1)CC(F)(F)F. The quantitative estimate of drug-likeness (QED) is 0.846. The zero-order valence-electron chi connectivity index (χ0n) is 11.8. The summed E-state index contributed by atoms with van der Waals surface area (Å²) in [4.78, 5) is 1.26. The molecular weight excluding hydrogens is 271 g/mol. The van der Waals surface area contributed by atoms with Gasteiger partial charge in [0.05, 0.1) is 24.9 Å². The van der Waals surface area contributed by atoms with Crippen LogP contribution in [0.5, 0.6) is 0 Å². The summed E-state index contributed by atoms with van der Waals surface area (Å²) < 4.78 is 43.6. The second-order valence-electron chi connectivity index (χ2n) is 6.10. The third-order valence-electron chi connectivity index (χ3n) is 4.38. The zero-order chi connectivity index (χ0) is 14.6. The van der Waals surface area contributed by atoms with Gasteiger partial charge in [-0.1, -0.05) is 19.3 Å². The van der Waals surface area contributed by atoms with Gasteiger partial charge in [-0.2, -0.15) is 13.2 Å². The summed E-state index contributed by atoms with van der Waals surface area (Å²) >= 11 is 0. The van der Waals surface area contributed by atoms with Crippen LogP contribution in [-0.4, -0.2) is 54.1 Å². The van der Waals surface area contributed by atoms with E-state index >= 15 is 0 Å². The van der Waals surface area contributed by atoms with Crippen LogP contribution in [0.4, 0.5) is 13.2 Å². The lowest BCUT2D eigenvalue weighted by molar-refractivity contribution is -0.152. The minimum atomic E-state index is -4.23. The van der Waals surface area contributed by atoms with Crippen molar-refractivity contribution < 1.29 is 23.0 Å². The van der Waals surface area contributed by atoms with Crippen LogP contribution >= 0.6 is 0 Å². The normalized spacial score (nSPS) is 26.6. The minimum Gasteiger partial charge on any atom is -0.395 e.